The highest BCUT2D eigenvalue weighted by atomic mass is 31.3. The van der Waals surface area contributed by atoms with Crippen molar-refractivity contribution in [3.8, 4) is 0 Å². The Morgan fingerprint density at radius 3 is 2.29 bits per heavy atom. The molecule has 1 aliphatic heterocycles. The lowest BCUT2D eigenvalue weighted by atomic mass is 10.2. The monoisotopic (exact) mass is 468 g/mol. The highest BCUT2D eigenvalue weighted by molar-refractivity contribution is 7.60. The van der Waals surface area contributed by atoms with E-state index in [2.05, 4.69) is 8.83 Å². The number of rotatable bonds is 7. The summed E-state index contributed by atoms with van der Waals surface area (Å²) in [4.78, 5) is 69.7. The van der Waals surface area contributed by atoms with Crippen LogP contribution in [0.3, 0.4) is 0 Å². The molecule has 1 fully saturated rings. The standard InChI is InChI=1S/C9H15N2O14P3/c12-5-1-2-11(9(14)10-5)6-3-4(7(23-6)8(13)26(15,16)17)24-28(21,22)25-27(18,19)20/h1-2,4,6-8,13H,3H2,(H,21,22)(H,10,12,14)(H2,15,16,17)(H2,18,19,20)/t4-,6+,7-,8?/m0/s1. The number of aromatic amines is 1. The fourth-order valence-electron chi connectivity index (χ4n) is 2.37. The zero-order valence-electron chi connectivity index (χ0n) is 13.4. The number of ether oxygens (including phenoxy) is 1. The van der Waals surface area contributed by atoms with Gasteiger partial charge in [0.05, 0.1) is 0 Å². The van der Waals surface area contributed by atoms with Gasteiger partial charge in [0.15, 0.2) is 5.85 Å². The third-order valence-electron chi connectivity index (χ3n) is 3.39. The fourth-order valence-corrected chi connectivity index (χ4v) is 4.79. The molecule has 2 heterocycles. The summed E-state index contributed by atoms with van der Waals surface area (Å²) in [5.41, 5.74) is -1.78. The van der Waals surface area contributed by atoms with E-state index in [1.807, 2.05) is 4.98 Å². The van der Waals surface area contributed by atoms with Gasteiger partial charge < -0.3 is 34.3 Å². The molecule has 1 aromatic rings. The Kier molecular flexibility index (Phi) is 6.68. The second-order valence-corrected chi connectivity index (χ2v) is 9.99. The normalized spacial score (nSPS) is 26.7. The van der Waals surface area contributed by atoms with Crippen LogP contribution in [-0.2, 0) is 27.3 Å². The smallest absolute Gasteiger partial charge is 0.378 e. The minimum absolute atomic E-state index is 0.594. The first-order chi connectivity index (χ1) is 12.6. The number of phosphoric acid groups is 2. The quantitative estimate of drug-likeness (QED) is 0.212. The molecular weight excluding hydrogens is 453 g/mol. The van der Waals surface area contributed by atoms with Crippen LogP contribution in [0.5, 0.6) is 0 Å². The van der Waals surface area contributed by atoms with Crippen molar-refractivity contribution in [3.05, 3.63) is 33.1 Å². The van der Waals surface area contributed by atoms with Gasteiger partial charge in [-0.3, -0.25) is 23.4 Å². The molecule has 0 spiro atoms. The molecule has 1 aliphatic rings. The van der Waals surface area contributed by atoms with Crippen LogP contribution in [-0.4, -0.2) is 57.2 Å². The molecule has 28 heavy (non-hydrogen) atoms. The van der Waals surface area contributed by atoms with Crippen LogP contribution < -0.4 is 11.2 Å². The van der Waals surface area contributed by atoms with Crippen molar-refractivity contribution < 1.29 is 56.8 Å². The van der Waals surface area contributed by atoms with E-state index in [1.54, 1.807) is 0 Å². The highest BCUT2D eigenvalue weighted by Crippen LogP contribution is 2.60. The summed E-state index contributed by atoms with van der Waals surface area (Å²) in [5, 5.41) is 9.78. The molecule has 2 unspecified atom stereocenters. The summed E-state index contributed by atoms with van der Waals surface area (Å²) >= 11 is 0. The lowest BCUT2D eigenvalue weighted by Gasteiger charge is -2.25. The van der Waals surface area contributed by atoms with Crippen LogP contribution in [0.4, 0.5) is 0 Å². The van der Waals surface area contributed by atoms with E-state index >= 15 is 0 Å². The molecule has 1 aromatic heterocycles. The molecule has 0 aliphatic carbocycles. The number of hydrogen-bond donors (Lipinski definition) is 7. The Balaban J connectivity index is 2.35. The van der Waals surface area contributed by atoms with Crippen molar-refractivity contribution in [2.75, 3.05) is 0 Å². The maximum Gasteiger partial charge on any atom is 0.481 e. The van der Waals surface area contributed by atoms with Gasteiger partial charge >= 0.3 is 28.9 Å². The van der Waals surface area contributed by atoms with Gasteiger partial charge in [-0.15, -0.1) is 0 Å². The van der Waals surface area contributed by atoms with Crippen LogP contribution in [0, 0.1) is 0 Å². The summed E-state index contributed by atoms with van der Waals surface area (Å²) in [6, 6.07) is 0.904. The fraction of sp³-hybridized carbons (Fsp3) is 0.556. The summed E-state index contributed by atoms with van der Waals surface area (Å²) in [6.07, 6.45) is -4.95. The lowest BCUT2D eigenvalue weighted by Crippen LogP contribution is -2.36. The number of nitrogens with zero attached hydrogens (tertiary/aromatic N) is 1. The first-order valence-corrected chi connectivity index (χ1v) is 11.8. The summed E-state index contributed by atoms with van der Waals surface area (Å²) in [6.45, 7) is 0. The third kappa shape index (κ3) is 6.00. The molecule has 0 bridgehead atoms. The number of H-pyrrole nitrogens is 1. The van der Waals surface area contributed by atoms with E-state index in [0.717, 1.165) is 16.8 Å². The Hall–Kier alpha value is -0.990. The van der Waals surface area contributed by atoms with Crippen LogP contribution in [0.25, 0.3) is 0 Å². The van der Waals surface area contributed by atoms with E-state index in [4.69, 9.17) is 24.3 Å². The number of nitrogens with one attached hydrogen (secondary N) is 1. The van der Waals surface area contributed by atoms with E-state index in [9.17, 15) is 33.3 Å². The minimum Gasteiger partial charge on any atom is -0.378 e. The lowest BCUT2D eigenvalue weighted by molar-refractivity contribution is -0.0635. The van der Waals surface area contributed by atoms with Gasteiger partial charge in [-0.25, -0.2) is 13.9 Å². The van der Waals surface area contributed by atoms with Gasteiger partial charge in [0.2, 0.25) is 0 Å². The number of aliphatic hydroxyl groups is 1. The molecule has 7 N–H and O–H groups in total. The summed E-state index contributed by atoms with van der Waals surface area (Å²) < 4.78 is 47.7. The van der Waals surface area contributed by atoms with Crippen LogP contribution in [0.15, 0.2) is 21.9 Å². The second kappa shape index (κ2) is 8.03. The zero-order chi connectivity index (χ0) is 21.5. The molecule has 0 amide bonds. The first kappa shape index (κ1) is 23.3. The minimum atomic E-state index is -5.50. The van der Waals surface area contributed by atoms with Crippen molar-refractivity contribution in [1.82, 2.24) is 9.55 Å². The van der Waals surface area contributed by atoms with Crippen molar-refractivity contribution >= 4 is 23.2 Å². The van der Waals surface area contributed by atoms with E-state index in [-0.39, 0.29) is 0 Å². The molecule has 0 radical (unpaired) electrons. The molecule has 1 saturated heterocycles. The maximum absolute atomic E-state index is 11.8. The van der Waals surface area contributed by atoms with Crippen molar-refractivity contribution in [2.24, 2.45) is 0 Å². The molecule has 19 heteroatoms. The van der Waals surface area contributed by atoms with Gasteiger partial charge in [0.25, 0.3) is 5.56 Å². The van der Waals surface area contributed by atoms with Crippen LogP contribution in [0.2, 0.25) is 0 Å². The molecule has 0 saturated carbocycles. The Labute approximate surface area is 154 Å². The number of phosphoric ester groups is 1. The van der Waals surface area contributed by atoms with Crippen molar-refractivity contribution in [1.29, 1.82) is 0 Å². The van der Waals surface area contributed by atoms with Gasteiger partial charge in [-0.2, -0.15) is 4.31 Å². The van der Waals surface area contributed by atoms with E-state index in [1.165, 1.54) is 0 Å². The Morgan fingerprint density at radius 1 is 1.18 bits per heavy atom. The predicted octanol–water partition coefficient (Wildman–Crippen LogP) is -2.08. The van der Waals surface area contributed by atoms with Crippen molar-refractivity contribution in [3.63, 3.8) is 0 Å². The molecule has 16 nitrogen and oxygen atoms in total. The molecule has 160 valence electrons. The van der Waals surface area contributed by atoms with Gasteiger partial charge in [0, 0.05) is 18.7 Å². The van der Waals surface area contributed by atoms with Gasteiger partial charge in [-0.05, 0) is 0 Å². The molecule has 0 aromatic carbocycles. The summed E-state index contributed by atoms with van der Waals surface area (Å²) in [5.74, 6) is -2.59. The highest BCUT2D eigenvalue weighted by Gasteiger charge is 2.50. The Morgan fingerprint density at radius 2 is 1.79 bits per heavy atom. The SMILES string of the molecule is O=c1ccn([C@H]2C[C@H](OP(=O)(O)OP(=O)(O)O)[C@@H](C(O)P(=O)(O)O)O2)c(=O)[nH]1. The van der Waals surface area contributed by atoms with Gasteiger partial charge in [0.1, 0.15) is 18.4 Å². The van der Waals surface area contributed by atoms with E-state index < -0.39 is 65.2 Å². The number of aromatic nitrogens is 2. The average molecular weight is 468 g/mol. The van der Waals surface area contributed by atoms with Crippen LogP contribution >= 0.6 is 23.2 Å². The van der Waals surface area contributed by atoms with E-state index in [0.29, 0.717) is 0 Å². The third-order valence-corrected chi connectivity index (χ3v) is 6.59. The van der Waals surface area contributed by atoms with Crippen molar-refractivity contribution in [2.45, 2.75) is 30.7 Å². The first-order valence-electron chi connectivity index (χ1n) is 7.07. The van der Waals surface area contributed by atoms with Gasteiger partial charge in [-0.1, -0.05) is 0 Å². The maximum atomic E-state index is 11.8. The zero-order valence-corrected chi connectivity index (χ0v) is 16.1. The molecule has 5 atom stereocenters. The second-order valence-electron chi connectivity index (χ2n) is 5.50. The molecule has 2 rings (SSSR count). The Bertz CT molecular complexity index is 975. The largest absolute Gasteiger partial charge is 0.481 e. The predicted molar refractivity (Wildman–Crippen MR) is 85.7 cm³/mol. The van der Waals surface area contributed by atoms with Crippen LogP contribution in [0.1, 0.15) is 12.6 Å². The number of hydrogen-bond acceptors (Lipinski definition) is 9. The average Bonchev–Trinajstić information content (AvgIpc) is 2.85. The number of aliphatic hydroxyl groups excluding tert-OH is 1. The topological polar surface area (TPSA) is 255 Å². The summed E-state index contributed by atoms with van der Waals surface area (Å²) in [7, 11) is -16.2. The molecular formula is C9H15N2O14P3.